The van der Waals surface area contributed by atoms with Gasteiger partial charge in [0.05, 0.1) is 29.6 Å². The summed E-state index contributed by atoms with van der Waals surface area (Å²) in [6.45, 7) is 0.275. The fourth-order valence-electron chi connectivity index (χ4n) is 4.95. The predicted molar refractivity (Wildman–Crippen MR) is 123 cm³/mol. The molecule has 184 valence electrons. The van der Waals surface area contributed by atoms with Crippen molar-refractivity contribution < 1.29 is 33.2 Å². The molecule has 1 aromatic rings. The fraction of sp³-hybridized carbons (Fsp3) is 0.542. The van der Waals surface area contributed by atoms with E-state index in [0.29, 0.717) is 17.9 Å². The van der Waals surface area contributed by atoms with E-state index < -0.39 is 22.7 Å². The number of rotatable bonds is 13. The summed E-state index contributed by atoms with van der Waals surface area (Å²) < 4.78 is 24.1. The number of ether oxygens (including phenoxy) is 2. The molecule has 0 saturated carbocycles. The van der Waals surface area contributed by atoms with E-state index >= 15 is 0 Å². The van der Waals surface area contributed by atoms with Crippen LogP contribution >= 0.6 is 0 Å². The van der Waals surface area contributed by atoms with E-state index in [2.05, 4.69) is 10.6 Å². The Morgan fingerprint density at radius 1 is 0.941 bits per heavy atom. The zero-order chi connectivity index (χ0) is 24.1. The monoisotopic (exact) mass is 490 g/mol. The molecule has 3 aliphatic heterocycles. The van der Waals surface area contributed by atoms with E-state index in [4.69, 9.17) is 14.6 Å². The van der Waals surface area contributed by atoms with E-state index in [1.54, 1.807) is 30.3 Å². The van der Waals surface area contributed by atoms with Crippen LogP contribution in [-0.4, -0.2) is 70.4 Å². The van der Waals surface area contributed by atoms with Crippen LogP contribution in [0.5, 0.6) is 0 Å². The Morgan fingerprint density at radius 3 is 2.38 bits per heavy atom. The normalized spacial score (nSPS) is 29.5. The average Bonchev–Trinajstić information content (AvgIpc) is 3.45. The van der Waals surface area contributed by atoms with Crippen molar-refractivity contribution in [2.24, 2.45) is 11.8 Å². The summed E-state index contributed by atoms with van der Waals surface area (Å²) in [5, 5.41) is 14.1. The van der Waals surface area contributed by atoms with Gasteiger partial charge in [-0.2, -0.15) is 0 Å². The number of fused-ring (bicyclic) bond motifs is 5. The van der Waals surface area contributed by atoms with Gasteiger partial charge < -0.3 is 25.2 Å². The smallest absolute Gasteiger partial charge is 0.327 e. The molecular formula is C24H30N2O7S. The molecule has 3 N–H and O–H groups in total. The molecule has 0 aromatic heterocycles. The quantitative estimate of drug-likeness (QED) is 0.213. The van der Waals surface area contributed by atoms with Gasteiger partial charge in [0.2, 0.25) is 11.8 Å². The van der Waals surface area contributed by atoms with Gasteiger partial charge in [-0.3, -0.25) is 13.8 Å². The van der Waals surface area contributed by atoms with Crippen LogP contribution in [0.25, 0.3) is 0 Å². The Labute approximate surface area is 200 Å². The number of unbranched alkanes of at least 4 members (excludes halogenated alkanes) is 2. The Morgan fingerprint density at radius 2 is 1.65 bits per heavy atom. The highest BCUT2D eigenvalue weighted by molar-refractivity contribution is 7.85. The fourth-order valence-corrected chi connectivity index (χ4v) is 5.92. The first kappa shape index (κ1) is 24.6. The van der Waals surface area contributed by atoms with Gasteiger partial charge in [0.15, 0.2) is 0 Å². The summed E-state index contributed by atoms with van der Waals surface area (Å²) in [5.41, 5.74) is 0. The Kier molecular flexibility index (Phi) is 8.12. The van der Waals surface area contributed by atoms with Gasteiger partial charge in [-0.15, -0.1) is 0 Å². The number of amides is 2. The van der Waals surface area contributed by atoms with Crippen LogP contribution in [0.4, 0.5) is 0 Å². The van der Waals surface area contributed by atoms with Crippen LogP contribution in [0.1, 0.15) is 25.7 Å². The molecule has 3 fully saturated rings. The number of epoxide rings is 1. The van der Waals surface area contributed by atoms with Crippen molar-refractivity contribution in [3.63, 3.8) is 0 Å². The Hall–Kier alpha value is -2.56. The molecule has 3 saturated heterocycles. The lowest BCUT2D eigenvalue weighted by atomic mass is 9.76. The molecule has 0 radical (unpaired) electrons. The first-order valence-electron chi connectivity index (χ1n) is 11.6. The summed E-state index contributed by atoms with van der Waals surface area (Å²) >= 11 is 0. The number of hydrogen-bond acceptors (Lipinski definition) is 6. The van der Waals surface area contributed by atoms with Gasteiger partial charge in [-0.25, -0.2) is 4.79 Å². The van der Waals surface area contributed by atoms with E-state index in [-0.39, 0.29) is 54.5 Å². The van der Waals surface area contributed by atoms with Crippen molar-refractivity contribution in [1.82, 2.24) is 10.6 Å². The minimum Gasteiger partial charge on any atom is -0.478 e. The van der Waals surface area contributed by atoms with Crippen molar-refractivity contribution >= 4 is 28.6 Å². The molecule has 3 heterocycles. The Bertz CT molecular complexity index is 954. The lowest BCUT2D eigenvalue weighted by molar-refractivity contribution is -0.131. The largest absolute Gasteiger partial charge is 0.478 e. The molecule has 10 heteroatoms. The number of carbonyl (C=O) groups is 3. The van der Waals surface area contributed by atoms with Crippen LogP contribution in [0, 0.1) is 11.8 Å². The molecule has 1 aromatic carbocycles. The zero-order valence-corrected chi connectivity index (χ0v) is 19.6. The van der Waals surface area contributed by atoms with E-state index in [0.717, 1.165) is 19.3 Å². The van der Waals surface area contributed by atoms with Crippen LogP contribution in [0.3, 0.4) is 0 Å². The maximum absolute atomic E-state index is 12.3. The molecule has 34 heavy (non-hydrogen) atoms. The second-order valence-corrected chi connectivity index (χ2v) is 10.3. The number of benzene rings is 1. The molecule has 0 aliphatic carbocycles. The van der Waals surface area contributed by atoms with E-state index in [1.165, 1.54) is 6.08 Å². The van der Waals surface area contributed by atoms with Crippen LogP contribution < -0.4 is 10.6 Å². The minimum atomic E-state index is -1.45. The lowest BCUT2D eigenvalue weighted by Gasteiger charge is -2.26. The number of hydrogen-bond donors (Lipinski definition) is 3. The average molecular weight is 491 g/mol. The van der Waals surface area contributed by atoms with Crippen molar-refractivity contribution in [3.8, 4) is 0 Å². The maximum atomic E-state index is 12.3. The van der Waals surface area contributed by atoms with Crippen LogP contribution in [0.2, 0.25) is 0 Å². The second-order valence-electron chi connectivity index (χ2n) is 8.87. The third-order valence-corrected chi connectivity index (χ3v) is 7.91. The van der Waals surface area contributed by atoms with Crippen molar-refractivity contribution in [2.45, 2.75) is 55.0 Å². The highest BCUT2D eigenvalue weighted by Gasteiger charge is 2.68. The van der Waals surface area contributed by atoms with E-state index in [1.807, 2.05) is 6.07 Å². The van der Waals surface area contributed by atoms with Crippen LogP contribution in [0.15, 0.2) is 47.4 Å². The molecule has 7 atom stereocenters. The van der Waals surface area contributed by atoms with Gasteiger partial charge in [0.1, 0.15) is 18.0 Å². The first-order valence-corrected chi connectivity index (χ1v) is 12.9. The summed E-state index contributed by atoms with van der Waals surface area (Å²) in [5.74, 6) is -1.44. The van der Waals surface area contributed by atoms with Crippen molar-refractivity contribution in [3.05, 3.63) is 42.5 Å². The highest BCUT2D eigenvalue weighted by atomic mass is 32.2. The molecule has 2 bridgehead atoms. The second kappa shape index (κ2) is 11.2. The molecule has 1 unspecified atom stereocenters. The summed E-state index contributed by atoms with van der Waals surface area (Å²) in [6.07, 6.45) is 6.63. The molecule has 9 nitrogen and oxygen atoms in total. The number of nitrogens with one attached hydrogen (secondary N) is 2. The first-order chi connectivity index (χ1) is 16.4. The van der Waals surface area contributed by atoms with Gasteiger partial charge in [-0.1, -0.05) is 30.7 Å². The SMILES string of the molecule is O=C(O)C=CCCCC[C@@H]1[C@H](CNC(=O)CNC(=O)CS(=O)c2ccccc2)[C@H]2O[C@@H]1[C@H]1O[C@H]12. The Balaban J connectivity index is 1.18. The van der Waals surface area contributed by atoms with Gasteiger partial charge in [0, 0.05) is 23.4 Å². The van der Waals surface area contributed by atoms with Gasteiger partial charge >= 0.3 is 5.97 Å². The maximum Gasteiger partial charge on any atom is 0.327 e. The third kappa shape index (κ3) is 6.11. The lowest BCUT2D eigenvalue weighted by Crippen LogP contribution is -2.44. The van der Waals surface area contributed by atoms with E-state index in [9.17, 15) is 18.6 Å². The highest BCUT2D eigenvalue weighted by Crippen LogP contribution is 2.54. The molecular weight excluding hydrogens is 460 g/mol. The number of aliphatic carboxylic acids is 1. The molecule has 2 amide bonds. The number of carboxylic acid groups (broad SMARTS) is 1. The third-order valence-electron chi connectivity index (χ3n) is 6.59. The number of allylic oxidation sites excluding steroid dienone is 1. The summed E-state index contributed by atoms with van der Waals surface area (Å²) in [7, 11) is -1.45. The molecule has 4 rings (SSSR count). The summed E-state index contributed by atoms with van der Waals surface area (Å²) in [6, 6.07) is 8.73. The number of carbonyl (C=O) groups excluding carboxylic acids is 2. The van der Waals surface area contributed by atoms with Crippen molar-refractivity contribution in [1.29, 1.82) is 0 Å². The topological polar surface area (TPSA) is 134 Å². The van der Waals surface area contributed by atoms with Crippen LogP contribution in [-0.2, 0) is 34.7 Å². The minimum absolute atomic E-state index is 0.0184. The predicted octanol–water partition coefficient (Wildman–Crippen LogP) is 1.01. The van der Waals surface area contributed by atoms with Crippen molar-refractivity contribution in [2.75, 3.05) is 18.8 Å². The van der Waals surface area contributed by atoms with Gasteiger partial charge in [0.25, 0.3) is 0 Å². The number of carboxylic acids is 1. The zero-order valence-electron chi connectivity index (χ0n) is 18.8. The standard InChI is InChI=1S/C24H30N2O7S/c27-18(13-26-19(28)14-34(31)15-8-4-3-5-9-15)25-12-17-16(10-6-1-2-7-11-20(29)30)21-23-24(33-23)22(17)32-21/h3-5,7-9,11,16-17,21-24H,1-2,6,10,12-14H2,(H,25,27)(H,26,28)(H,29,30)/t16-,17+,21+,22-,23-,24+,34?/m1/s1. The molecule has 3 aliphatic rings. The summed E-state index contributed by atoms with van der Waals surface area (Å²) in [4.78, 5) is 35.5. The van der Waals surface area contributed by atoms with Gasteiger partial charge in [-0.05, 0) is 37.3 Å². The molecule has 0 spiro atoms.